The topological polar surface area (TPSA) is 307 Å². The predicted octanol–water partition coefficient (Wildman–Crippen LogP) is -1.88. The van der Waals surface area contributed by atoms with Gasteiger partial charge in [-0.25, -0.2) is 0 Å². The summed E-state index contributed by atoms with van der Waals surface area (Å²) in [5.41, 5.74) is -2.75. The van der Waals surface area contributed by atoms with Crippen molar-refractivity contribution in [2.24, 2.45) is 52.3 Å². The lowest BCUT2D eigenvalue weighted by atomic mass is 9.41. The van der Waals surface area contributed by atoms with E-state index in [1.54, 1.807) is 0 Å². The molecule has 3 aliphatic heterocycles. The summed E-state index contributed by atoms with van der Waals surface area (Å²) < 4.78 is 39.2. The summed E-state index contributed by atoms with van der Waals surface area (Å²) >= 11 is 0. The van der Waals surface area contributed by atoms with Crippen LogP contribution in [0.1, 0.15) is 86.0 Å². The molecule has 19 nitrogen and oxygen atoms in total. The van der Waals surface area contributed by atoms with E-state index in [1.807, 2.05) is 6.92 Å². The van der Waals surface area contributed by atoms with Crippen molar-refractivity contribution in [2.75, 3.05) is 33.5 Å². The highest BCUT2D eigenvalue weighted by atomic mass is 16.7. The number of hydrogen-bond donors (Lipinski definition) is 12. The number of hydrogen-bond acceptors (Lipinski definition) is 19. The molecule has 26 atom stereocenters. The second-order valence-electron chi connectivity index (χ2n) is 21.4. The molecule has 7 fully saturated rings. The number of methoxy groups -OCH3 is 1. The van der Waals surface area contributed by atoms with Crippen LogP contribution in [0.25, 0.3) is 0 Å². The highest BCUT2D eigenvalue weighted by Gasteiger charge is 2.73. The van der Waals surface area contributed by atoms with Crippen LogP contribution >= 0.6 is 0 Å². The molecule has 0 aromatic carbocycles. The fraction of sp³-hybridized carbons (Fsp3) is 1.00. The predicted molar refractivity (Wildman–Crippen MR) is 221 cm³/mol. The summed E-state index contributed by atoms with van der Waals surface area (Å²) in [6.07, 6.45) is -17.1. The molecule has 26 unspecified atom stereocenters. The van der Waals surface area contributed by atoms with E-state index in [9.17, 15) is 61.3 Å². The molecule has 19 heteroatoms. The van der Waals surface area contributed by atoms with Gasteiger partial charge in [0, 0.05) is 25.4 Å². The fourth-order valence-electron chi connectivity index (χ4n) is 14.0. The van der Waals surface area contributed by atoms with E-state index in [0.29, 0.717) is 32.1 Å². The molecule has 0 bridgehead atoms. The standard InChI is InChI=1S/C45H78O19/c1-19(2)21(8-7-20(3)28-33(52)34(53)39-44(28,5)13-10-27-43(4)12-9-22(46)30(49)29(43)23(47)15-45(27,39)57)11-14-59-40-35(54)31(50)25(17-61-40)63-41-36(55)32(51)26(18-62-41)64-42-37(56)38(58-6)24(48)16-60-42/h19-42,46-57H,7-18H2,1-6H3. The summed E-state index contributed by atoms with van der Waals surface area (Å²) in [4.78, 5) is 0. The van der Waals surface area contributed by atoms with Crippen LogP contribution in [-0.4, -0.2) is 205 Å². The van der Waals surface area contributed by atoms with Crippen LogP contribution < -0.4 is 0 Å². The average molecular weight is 923 g/mol. The molecule has 12 N–H and O–H groups in total. The van der Waals surface area contributed by atoms with Crippen LogP contribution in [0.4, 0.5) is 0 Å². The Bertz CT molecular complexity index is 1530. The van der Waals surface area contributed by atoms with E-state index in [1.165, 1.54) is 7.11 Å². The van der Waals surface area contributed by atoms with Crippen molar-refractivity contribution >= 4 is 0 Å². The maximum Gasteiger partial charge on any atom is 0.186 e. The van der Waals surface area contributed by atoms with E-state index in [2.05, 4.69) is 27.7 Å². The zero-order chi connectivity index (χ0) is 46.8. The molecule has 64 heavy (non-hydrogen) atoms. The Hall–Kier alpha value is -0.760. The van der Waals surface area contributed by atoms with Gasteiger partial charge in [-0.3, -0.25) is 0 Å². The van der Waals surface area contributed by atoms with Gasteiger partial charge in [0.1, 0.15) is 54.9 Å². The Morgan fingerprint density at radius 3 is 1.80 bits per heavy atom. The van der Waals surface area contributed by atoms with Gasteiger partial charge in [-0.05, 0) is 78.9 Å². The lowest BCUT2D eigenvalue weighted by molar-refractivity contribution is -0.349. The third-order valence-corrected chi connectivity index (χ3v) is 17.4. The summed E-state index contributed by atoms with van der Waals surface area (Å²) in [6.45, 7) is 9.85. The van der Waals surface area contributed by atoms with E-state index >= 15 is 0 Å². The Morgan fingerprint density at radius 1 is 0.594 bits per heavy atom. The van der Waals surface area contributed by atoms with Crippen molar-refractivity contribution in [3.8, 4) is 0 Å². The van der Waals surface area contributed by atoms with Gasteiger partial charge >= 0.3 is 0 Å². The number of aliphatic hydroxyl groups excluding tert-OH is 11. The minimum Gasteiger partial charge on any atom is -0.393 e. The van der Waals surface area contributed by atoms with Gasteiger partial charge in [-0.15, -0.1) is 0 Å². The minimum absolute atomic E-state index is 0.0373. The maximum absolute atomic E-state index is 12.7. The second kappa shape index (κ2) is 19.9. The van der Waals surface area contributed by atoms with E-state index in [-0.39, 0.29) is 62.4 Å². The molecule has 7 rings (SSSR count). The fourth-order valence-corrected chi connectivity index (χ4v) is 14.0. The van der Waals surface area contributed by atoms with Crippen molar-refractivity contribution in [1.82, 2.24) is 0 Å². The molecule has 4 aliphatic carbocycles. The van der Waals surface area contributed by atoms with Crippen molar-refractivity contribution in [2.45, 2.75) is 196 Å². The van der Waals surface area contributed by atoms with Gasteiger partial charge in [-0.2, -0.15) is 0 Å². The first-order chi connectivity index (χ1) is 30.1. The smallest absolute Gasteiger partial charge is 0.186 e. The molecule has 4 saturated carbocycles. The molecule has 0 aromatic heterocycles. The summed E-state index contributed by atoms with van der Waals surface area (Å²) in [6, 6.07) is 0. The van der Waals surface area contributed by atoms with Crippen LogP contribution in [0, 0.1) is 52.3 Å². The first-order valence-corrected chi connectivity index (χ1v) is 23.6. The lowest BCUT2D eigenvalue weighted by Crippen LogP contribution is -2.71. The van der Waals surface area contributed by atoms with Gasteiger partial charge in [0.05, 0.1) is 62.5 Å². The Balaban J connectivity index is 0.887. The molecular weight excluding hydrogens is 844 g/mol. The Labute approximate surface area is 375 Å². The third kappa shape index (κ3) is 9.10. The van der Waals surface area contributed by atoms with E-state index in [4.69, 9.17) is 33.2 Å². The average Bonchev–Trinajstić information content (AvgIpc) is 3.44. The Kier molecular flexibility index (Phi) is 15.9. The molecular formula is C45H78O19. The SMILES string of the molecule is COC1C(O)COC(OC2COC(OC3COC(OCCC(CCC(C)C4C(O)C(O)C5C4(C)CCC4C6(C)CCC(O)C(O)C6C(O)CC45O)C(C)C)C(O)C3O)C(O)C2O)C1O. The molecule has 0 amide bonds. The first kappa shape index (κ1) is 51.1. The summed E-state index contributed by atoms with van der Waals surface area (Å²) in [5.74, 6) is -1.57. The number of fused-ring (bicyclic) bond motifs is 5. The van der Waals surface area contributed by atoms with Gasteiger partial charge < -0.3 is 94.4 Å². The van der Waals surface area contributed by atoms with Gasteiger partial charge in [-0.1, -0.05) is 41.0 Å². The van der Waals surface area contributed by atoms with Gasteiger partial charge in [0.25, 0.3) is 0 Å². The van der Waals surface area contributed by atoms with Crippen molar-refractivity contribution in [1.29, 1.82) is 0 Å². The largest absolute Gasteiger partial charge is 0.393 e. The van der Waals surface area contributed by atoms with Crippen LogP contribution in [-0.2, 0) is 33.2 Å². The summed E-state index contributed by atoms with van der Waals surface area (Å²) in [7, 11) is 1.31. The molecule has 3 heterocycles. The first-order valence-electron chi connectivity index (χ1n) is 23.6. The molecule has 0 spiro atoms. The van der Waals surface area contributed by atoms with E-state index < -0.39 is 133 Å². The van der Waals surface area contributed by atoms with Gasteiger partial charge in [0.2, 0.25) is 0 Å². The minimum atomic E-state index is -1.66. The monoisotopic (exact) mass is 923 g/mol. The van der Waals surface area contributed by atoms with Crippen LogP contribution in [0.3, 0.4) is 0 Å². The van der Waals surface area contributed by atoms with Crippen molar-refractivity contribution in [3.63, 3.8) is 0 Å². The van der Waals surface area contributed by atoms with Crippen molar-refractivity contribution in [3.05, 3.63) is 0 Å². The third-order valence-electron chi connectivity index (χ3n) is 17.4. The van der Waals surface area contributed by atoms with Crippen LogP contribution in [0.2, 0.25) is 0 Å². The number of ether oxygens (including phenoxy) is 7. The Morgan fingerprint density at radius 2 is 1.17 bits per heavy atom. The quantitative estimate of drug-likeness (QED) is 0.0908. The number of aliphatic hydroxyl groups is 12. The molecule has 3 saturated heterocycles. The highest BCUT2D eigenvalue weighted by molar-refractivity contribution is 5.22. The molecule has 372 valence electrons. The van der Waals surface area contributed by atoms with Crippen LogP contribution in [0.5, 0.6) is 0 Å². The molecule has 7 aliphatic rings. The number of rotatable bonds is 14. The second-order valence-corrected chi connectivity index (χ2v) is 21.4. The molecule has 0 aromatic rings. The van der Waals surface area contributed by atoms with Crippen LogP contribution in [0.15, 0.2) is 0 Å². The van der Waals surface area contributed by atoms with E-state index in [0.717, 1.165) is 12.8 Å². The normalized spacial score (nSPS) is 53.0. The summed E-state index contributed by atoms with van der Waals surface area (Å²) in [5, 5.41) is 133. The zero-order valence-corrected chi connectivity index (χ0v) is 38.1. The van der Waals surface area contributed by atoms with Gasteiger partial charge in [0.15, 0.2) is 18.9 Å². The lowest BCUT2D eigenvalue weighted by Gasteiger charge is -2.66. The molecule has 0 radical (unpaired) electrons. The zero-order valence-electron chi connectivity index (χ0n) is 38.1. The maximum atomic E-state index is 12.7. The van der Waals surface area contributed by atoms with Crippen molar-refractivity contribution < 1.29 is 94.4 Å². The highest BCUT2D eigenvalue weighted by Crippen LogP contribution is 2.70.